The highest BCUT2D eigenvalue weighted by molar-refractivity contribution is 6.04. The molecular formula is C15H16O6. The molecule has 2 aromatic rings. The van der Waals surface area contributed by atoms with Gasteiger partial charge in [-0.3, -0.25) is 0 Å². The Morgan fingerprint density at radius 2 is 2.05 bits per heavy atom. The summed E-state index contributed by atoms with van der Waals surface area (Å²) in [7, 11) is 1.28. The molecule has 0 aliphatic heterocycles. The van der Waals surface area contributed by atoms with Crippen molar-refractivity contribution in [2.45, 2.75) is 13.8 Å². The highest BCUT2D eigenvalue weighted by Gasteiger charge is 2.19. The van der Waals surface area contributed by atoms with Crippen LogP contribution in [0, 0.1) is 6.92 Å². The fourth-order valence-electron chi connectivity index (χ4n) is 1.95. The molecule has 0 unspecified atom stereocenters. The molecule has 1 aromatic heterocycles. The fraction of sp³-hybridized carbons (Fsp3) is 0.333. The number of carbonyl (C=O) groups is 2. The van der Waals surface area contributed by atoms with Gasteiger partial charge in [-0.15, -0.1) is 0 Å². The molecule has 0 spiro atoms. The molecule has 112 valence electrons. The van der Waals surface area contributed by atoms with Gasteiger partial charge in [0.2, 0.25) is 0 Å². The van der Waals surface area contributed by atoms with Crippen LogP contribution in [0.2, 0.25) is 0 Å². The number of benzene rings is 1. The highest BCUT2D eigenvalue weighted by atomic mass is 16.6. The van der Waals surface area contributed by atoms with Gasteiger partial charge in [-0.05, 0) is 32.0 Å². The Kier molecular flexibility index (Phi) is 4.47. The molecule has 6 nitrogen and oxygen atoms in total. The third kappa shape index (κ3) is 3.16. The van der Waals surface area contributed by atoms with E-state index < -0.39 is 11.9 Å². The smallest absolute Gasteiger partial charge is 0.343 e. The maximum absolute atomic E-state index is 12.0. The Hall–Kier alpha value is -2.50. The van der Waals surface area contributed by atoms with Gasteiger partial charge >= 0.3 is 11.9 Å². The van der Waals surface area contributed by atoms with Gasteiger partial charge in [0.25, 0.3) is 0 Å². The first-order chi connectivity index (χ1) is 10.1. The zero-order chi connectivity index (χ0) is 15.4. The Labute approximate surface area is 121 Å². The van der Waals surface area contributed by atoms with Crippen molar-refractivity contribution < 1.29 is 28.2 Å². The van der Waals surface area contributed by atoms with Crippen LogP contribution in [-0.4, -0.2) is 32.3 Å². The van der Waals surface area contributed by atoms with Crippen molar-refractivity contribution in [3.05, 3.63) is 29.5 Å². The summed E-state index contributed by atoms with van der Waals surface area (Å²) in [4.78, 5) is 23.0. The first-order valence-electron chi connectivity index (χ1n) is 6.46. The molecule has 6 heteroatoms. The van der Waals surface area contributed by atoms with Crippen LogP contribution in [0.4, 0.5) is 0 Å². The molecule has 0 fully saturated rings. The second-order valence-electron chi connectivity index (χ2n) is 4.28. The molecule has 0 radical (unpaired) electrons. The van der Waals surface area contributed by atoms with E-state index in [-0.39, 0.29) is 13.2 Å². The first-order valence-corrected chi connectivity index (χ1v) is 6.46. The van der Waals surface area contributed by atoms with Gasteiger partial charge < -0.3 is 18.6 Å². The monoisotopic (exact) mass is 292 g/mol. The predicted octanol–water partition coefficient (Wildman–Crippen LogP) is 2.47. The predicted molar refractivity (Wildman–Crippen MR) is 74.4 cm³/mol. The quantitative estimate of drug-likeness (QED) is 0.788. The van der Waals surface area contributed by atoms with E-state index >= 15 is 0 Å². The van der Waals surface area contributed by atoms with Crippen molar-refractivity contribution in [2.75, 3.05) is 20.3 Å². The second kappa shape index (κ2) is 6.30. The summed E-state index contributed by atoms with van der Waals surface area (Å²) in [5.74, 6) is -0.00392. The molecule has 1 aromatic carbocycles. The SMILES string of the molecule is CCOC(=O)c1c(C)oc2ccc(OCC(=O)OC)cc12. The van der Waals surface area contributed by atoms with Crippen molar-refractivity contribution in [2.24, 2.45) is 0 Å². The topological polar surface area (TPSA) is 75.0 Å². The van der Waals surface area contributed by atoms with Crippen LogP contribution in [0.15, 0.2) is 22.6 Å². The van der Waals surface area contributed by atoms with Gasteiger partial charge in [-0.2, -0.15) is 0 Å². The van der Waals surface area contributed by atoms with E-state index in [9.17, 15) is 9.59 Å². The molecule has 0 aliphatic rings. The molecule has 1 heterocycles. The van der Waals surface area contributed by atoms with Gasteiger partial charge in [0.15, 0.2) is 6.61 Å². The molecule has 21 heavy (non-hydrogen) atoms. The number of hydrogen-bond acceptors (Lipinski definition) is 6. The van der Waals surface area contributed by atoms with E-state index in [1.165, 1.54) is 7.11 Å². The fourth-order valence-corrected chi connectivity index (χ4v) is 1.95. The number of rotatable bonds is 5. The number of furan rings is 1. The number of hydrogen-bond donors (Lipinski definition) is 0. The molecule has 0 saturated carbocycles. The van der Waals surface area contributed by atoms with Gasteiger partial charge in [-0.1, -0.05) is 0 Å². The van der Waals surface area contributed by atoms with Gasteiger partial charge in [0.1, 0.15) is 22.7 Å². The van der Waals surface area contributed by atoms with Crippen molar-refractivity contribution >= 4 is 22.9 Å². The van der Waals surface area contributed by atoms with Crippen molar-refractivity contribution in [1.29, 1.82) is 0 Å². The highest BCUT2D eigenvalue weighted by Crippen LogP contribution is 2.29. The van der Waals surface area contributed by atoms with E-state index in [0.717, 1.165) is 0 Å². The Morgan fingerprint density at radius 3 is 2.71 bits per heavy atom. The van der Waals surface area contributed by atoms with Crippen LogP contribution in [0.5, 0.6) is 5.75 Å². The average Bonchev–Trinajstić information content (AvgIpc) is 2.80. The summed E-state index contributed by atoms with van der Waals surface area (Å²) in [5.41, 5.74) is 0.927. The van der Waals surface area contributed by atoms with E-state index in [4.69, 9.17) is 13.9 Å². The minimum Gasteiger partial charge on any atom is -0.482 e. The van der Waals surface area contributed by atoms with E-state index in [2.05, 4.69) is 4.74 Å². The summed E-state index contributed by atoms with van der Waals surface area (Å²) < 4.78 is 20.3. The Balaban J connectivity index is 2.34. The molecule has 0 saturated heterocycles. The minimum atomic E-state index is -0.482. The molecular weight excluding hydrogens is 276 g/mol. The van der Waals surface area contributed by atoms with Crippen LogP contribution >= 0.6 is 0 Å². The van der Waals surface area contributed by atoms with Crippen LogP contribution in [0.1, 0.15) is 23.0 Å². The lowest BCUT2D eigenvalue weighted by Crippen LogP contribution is -2.12. The molecule has 0 N–H and O–H groups in total. The summed E-state index contributed by atoms with van der Waals surface area (Å²) in [6.07, 6.45) is 0. The lowest BCUT2D eigenvalue weighted by atomic mass is 10.1. The molecule has 0 atom stereocenters. The summed E-state index contributed by atoms with van der Waals surface area (Å²) in [6.45, 7) is 3.51. The molecule has 2 rings (SSSR count). The number of carbonyl (C=O) groups excluding carboxylic acids is 2. The summed E-state index contributed by atoms with van der Waals surface area (Å²) in [6, 6.07) is 4.97. The third-order valence-electron chi connectivity index (χ3n) is 2.90. The molecule has 0 aliphatic carbocycles. The van der Waals surface area contributed by atoms with Crippen molar-refractivity contribution in [3.8, 4) is 5.75 Å². The molecule has 0 amide bonds. The van der Waals surface area contributed by atoms with E-state index in [0.29, 0.717) is 28.0 Å². The largest absolute Gasteiger partial charge is 0.482 e. The van der Waals surface area contributed by atoms with Crippen LogP contribution in [0.25, 0.3) is 11.0 Å². The van der Waals surface area contributed by atoms with E-state index in [1.54, 1.807) is 32.0 Å². The van der Waals surface area contributed by atoms with Crippen molar-refractivity contribution in [1.82, 2.24) is 0 Å². The maximum atomic E-state index is 12.0. The zero-order valence-electron chi connectivity index (χ0n) is 12.1. The second-order valence-corrected chi connectivity index (χ2v) is 4.28. The zero-order valence-corrected chi connectivity index (χ0v) is 12.1. The Morgan fingerprint density at radius 1 is 1.29 bits per heavy atom. The van der Waals surface area contributed by atoms with Crippen LogP contribution in [-0.2, 0) is 14.3 Å². The normalized spacial score (nSPS) is 10.4. The number of methoxy groups -OCH3 is 1. The molecule has 0 bridgehead atoms. The number of aryl methyl sites for hydroxylation is 1. The minimum absolute atomic E-state index is 0.201. The Bertz CT molecular complexity index is 670. The number of esters is 2. The standard InChI is InChI=1S/C15H16O6/c1-4-19-15(17)14-9(2)21-12-6-5-10(7-11(12)14)20-8-13(16)18-3/h5-7H,4,8H2,1-3H3. The van der Waals surface area contributed by atoms with E-state index in [1.807, 2.05) is 0 Å². The first kappa shape index (κ1) is 14.9. The third-order valence-corrected chi connectivity index (χ3v) is 2.90. The van der Waals surface area contributed by atoms with Gasteiger partial charge in [0, 0.05) is 5.39 Å². The maximum Gasteiger partial charge on any atom is 0.343 e. The summed E-state index contributed by atoms with van der Waals surface area (Å²) >= 11 is 0. The lowest BCUT2D eigenvalue weighted by molar-refractivity contribution is -0.142. The van der Waals surface area contributed by atoms with Gasteiger partial charge in [0.05, 0.1) is 13.7 Å². The van der Waals surface area contributed by atoms with Gasteiger partial charge in [-0.25, -0.2) is 9.59 Å². The number of fused-ring (bicyclic) bond motifs is 1. The van der Waals surface area contributed by atoms with Crippen LogP contribution < -0.4 is 4.74 Å². The lowest BCUT2D eigenvalue weighted by Gasteiger charge is -2.05. The summed E-state index contributed by atoms with van der Waals surface area (Å²) in [5, 5.41) is 0.591. The average molecular weight is 292 g/mol. The van der Waals surface area contributed by atoms with Crippen LogP contribution in [0.3, 0.4) is 0 Å². The van der Waals surface area contributed by atoms with Crippen molar-refractivity contribution in [3.63, 3.8) is 0 Å². The number of ether oxygens (including phenoxy) is 3.